The van der Waals surface area contributed by atoms with Gasteiger partial charge in [-0.25, -0.2) is 0 Å². The Hall–Kier alpha value is 1.27. The molecule has 0 nitrogen and oxygen atoms in total. The maximum absolute atomic E-state index is 3.78. The van der Waals surface area contributed by atoms with Gasteiger partial charge in [0.25, 0.3) is 0 Å². The molecule has 0 heterocycles. The van der Waals surface area contributed by atoms with Crippen LogP contribution in [0.3, 0.4) is 0 Å². The molecular weight excluding hydrogens is 259 g/mol. The van der Waals surface area contributed by atoms with E-state index in [9.17, 15) is 0 Å². The van der Waals surface area contributed by atoms with Crippen LogP contribution in [0.1, 0.15) is 45.4 Å². The summed E-state index contributed by atoms with van der Waals surface area (Å²) in [5.41, 5.74) is 0. The smallest absolute Gasteiger partial charge is 0 e. The second kappa shape index (κ2) is 12.0. The fraction of sp³-hybridized carbons (Fsp3) is 0.875. The van der Waals surface area contributed by atoms with Crippen LogP contribution in [-0.2, 0) is 0 Å². The van der Waals surface area contributed by atoms with Crippen LogP contribution in [0.25, 0.3) is 0 Å². The number of hydrogen-bond donors (Lipinski definition) is 0. The van der Waals surface area contributed by atoms with E-state index in [4.69, 9.17) is 0 Å². The van der Waals surface area contributed by atoms with Gasteiger partial charge in [-0.05, 0) is 0 Å². The van der Waals surface area contributed by atoms with Crippen molar-refractivity contribution in [3.8, 4) is 0 Å². The first-order valence-electron chi connectivity index (χ1n) is 3.71. The monoisotopic (exact) mass is 277 g/mol. The van der Waals surface area contributed by atoms with E-state index in [2.05, 4.69) is 13.8 Å². The zero-order chi connectivity index (χ0) is 6.24. The molecule has 0 rings (SSSR count). The molecular formula is C8H17Dy-. The van der Waals surface area contributed by atoms with Crippen molar-refractivity contribution in [1.29, 1.82) is 0 Å². The number of rotatable bonds is 5. The minimum atomic E-state index is 0. The Morgan fingerprint density at radius 3 is 2.00 bits per heavy atom. The SMILES string of the molecule is [CH2-]CCCCCCC.[Dy]. The Kier molecular flexibility index (Phi) is 17.2. The van der Waals surface area contributed by atoms with Crippen molar-refractivity contribution in [2.24, 2.45) is 0 Å². The first kappa shape index (κ1) is 12.9. The standard InChI is InChI=1S/C8H17.Dy/c1-3-5-7-8-6-4-2;/h1,3-8H2,2H3;/q-1;. The Morgan fingerprint density at radius 1 is 1.00 bits per heavy atom. The van der Waals surface area contributed by atoms with Crippen LogP contribution in [0.4, 0.5) is 0 Å². The van der Waals surface area contributed by atoms with Gasteiger partial charge in [-0.2, -0.15) is 6.42 Å². The molecule has 1 heteroatoms. The van der Waals surface area contributed by atoms with Gasteiger partial charge >= 0.3 is 0 Å². The predicted molar refractivity (Wildman–Crippen MR) is 38.7 cm³/mol. The second-order valence-electron chi connectivity index (χ2n) is 2.27. The van der Waals surface area contributed by atoms with Crippen molar-refractivity contribution in [2.75, 3.05) is 0 Å². The molecule has 0 unspecified atom stereocenters. The molecule has 0 atom stereocenters. The van der Waals surface area contributed by atoms with Gasteiger partial charge in [0.05, 0.1) is 0 Å². The van der Waals surface area contributed by atoms with Crippen LogP contribution >= 0.6 is 0 Å². The molecule has 0 saturated heterocycles. The van der Waals surface area contributed by atoms with E-state index in [1.54, 1.807) is 0 Å². The van der Waals surface area contributed by atoms with Crippen LogP contribution < -0.4 is 0 Å². The first-order valence-corrected chi connectivity index (χ1v) is 3.71. The minimum absolute atomic E-state index is 0. The van der Waals surface area contributed by atoms with E-state index in [0.29, 0.717) is 0 Å². The molecule has 9 heavy (non-hydrogen) atoms. The van der Waals surface area contributed by atoms with Gasteiger partial charge in [0.2, 0.25) is 0 Å². The van der Waals surface area contributed by atoms with E-state index in [1.165, 1.54) is 32.1 Å². The Bertz CT molecular complexity index is 29.5. The van der Waals surface area contributed by atoms with E-state index < -0.39 is 0 Å². The molecule has 0 radical (unpaired) electrons. The third-order valence-corrected chi connectivity index (χ3v) is 1.35. The topological polar surface area (TPSA) is 0 Å². The Labute approximate surface area is 89.8 Å². The van der Waals surface area contributed by atoms with Crippen molar-refractivity contribution in [3.05, 3.63) is 6.92 Å². The van der Waals surface area contributed by atoms with Crippen molar-refractivity contribution in [1.82, 2.24) is 0 Å². The van der Waals surface area contributed by atoms with Crippen LogP contribution in [0.15, 0.2) is 0 Å². The van der Waals surface area contributed by atoms with Crippen molar-refractivity contribution in [3.63, 3.8) is 0 Å². The summed E-state index contributed by atoms with van der Waals surface area (Å²) in [6.07, 6.45) is 7.98. The summed E-state index contributed by atoms with van der Waals surface area (Å²) < 4.78 is 0. The fourth-order valence-electron chi connectivity index (χ4n) is 0.780. The molecule has 0 aromatic carbocycles. The van der Waals surface area contributed by atoms with Gasteiger partial charge < -0.3 is 6.92 Å². The molecule has 0 spiro atoms. The van der Waals surface area contributed by atoms with Gasteiger partial charge in [0.1, 0.15) is 0 Å². The quantitative estimate of drug-likeness (QED) is 0.534. The molecule has 0 bridgehead atoms. The maximum atomic E-state index is 3.78. The molecule has 0 aliphatic heterocycles. The predicted octanol–water partition coefficient (Wildman–Crippen LogP) is 3.18. The van der Waals surface area contributed by atoms with Crippen molar-refractivity contribution in [2.45, 2.75) is 45.4 Å². The largest absolute Gasteiger partial charge is 0.343 e. The average Bonchev–Trinajstić information content (AvgIpc) is 1.81. The second-order valence-corrected chi connectivity index (χ2v) is 2.27. The van der Waals surface area contributed by atoms with Crippen LogP contribution in [0, 0.1) is 45.1 Å². The summed E-state index contributed by atoms with van der Waals surface area (Å²) in [7, 11) is 0. The molecule has 0 aliphatic rings. The van der Waals surface area contributed by atoms with Crippen molar-refractivity contribution < 1.29 is 38.2 Å². The molecule has 0 saturated carbocycles. The van der Waals surface area contributed by atoms with Crippen LogP contribution in [-0.4, -0.2) is 0 Å². The third-order valence-electron chi connectivity index (χ3n) is 1.35. The molecule has 0 N–H and O–H groups in total. The molecule has 0 aromatic rings. The van der Waals surface area contributed by atoms with E-state index >= 15 is 0 Å². The summed E-state index contributed by atoms with van der Waals surface area (Å²) in [5, 5.41) is 0. The van der Waals surface area contributed by atoms with Gasteiger partial charge in [-0.3, -0.25) is 0 Å². The molecule has 0 fully saturated rings. The zero-order valence-corrected chi connectivity index (χ0v) is 8.29. The molecule has 0 amide bonds. The molecule has 0 aromatic heterocycles. The minimum Gasteiger partial charge on any atom is -0.343 e. The Morgan fingerprint density at radius 2 is 1.56 bits per heavy atom. The molecule has 60 valence electrons. The van der Waals surface area contributed by atoms with Gasteiger partial charge in [-0.15, -0.1) is 0 Å². The summed E-state index contributed by atoms with van der Waals surface area (Å²) in [5.74, 6) is 0. The number of hydrogen-bond acceptors (Lipinski definition) is 0. The van der Waals surface area contributed by atoms with Gasteiger partial charge in [0, 0.05) is 38.2 Å². The first-order chi connectivity index (χ1) is 3.91. The summed E-state index contributed by atoms with van der Waals surface area (Å²) in [4.78, 5) is 0. The molecule has 0 aliphatic carbocycles. The summed E-state index contributed by atoms with van der Waals surface area (Å²) in [6, 6.07) is 0. The van der Waals surface area contributed by atoms with Crippen molar-refractivity contribution >= 4 is 0 Å². The normalized spacial score (nSPS) is 8.67. The van der Waals surface area contributed by atoms with E-state index in [1.807, 2.05) is 0 Å². The Balaban J connectivity index is 0. The van der Waals surface area contributed by atoms with Crippen LogP contribution in [0.5, 0.6) is 0 Å². The van der Waals surface area contributed by atoms with Gasteiger partial charge in [0.15, 0.2) is 0 Å². The van der Waals surface area contributed by atoms with E-state index in [-0.39, 0.29) is 38.2 Å². The van der Waals surface area contributed by atoms with E-state index in [0.717, 1.165) is 6.42 Å². The average molecular weight is 276 g/mol. The van der Waals surface area contributed by atoms with Gasteiger partial charge in [-0.1, -0.05) is 39.0 Å². The van der Waals surface area contributed by atoms with Crippen LogP contribution in [0.2, 0.25) is 0 Å². The number of unbranched alkanes of at least 4 members (excludes halogenated alkanes) is 5. The fourth-order valence-corrected chi connectivity index (χ4v) is 0.780. The zero-order valence-electron chi connectivity index (χ0n) is 6.27. The third kappa shape index (κ3) is 12.5. The summed E-state index contributed by atoms with van der Waals surface area (Å²) >= 11 is 0. The maximum Gasteiger partial charge on any atom is 0 e. The summed E-state index contributed by atoms with van der Waals surface area (Å²) in [6.45, 7) is 6.02.